The first-order chi connectivity index (χ1) is 9.52. The van der Waals surface area contributed by atoms with Gasteiger partial charge in [0.2, 0.25) is 0 Å². The van der Waals surface area contributed by atoms with E-state index in [0.29, 0.717) is 12.2 Å². The zero-order valence-electron chi connectivity index (χ0n) is 13.1. The van der Waals surface area contributed by atoms with E-state index in [9.17, 15) is 4.79 Å². The van der Waals surface area contributed by atoms with E-state index in [4.69, 9.17) is 4.74 Å². The van der Waals surface area contributed by atoms with Crippen molar-refractivity contribution in [2.75, 3.05) is 6.61 Å². The molecule has 0 unspecified atom stereocenters. The standard InChI is InChI=1S/C17H27NO2/c1-5-20-16-11-9-15(10-12-16)17(19)18-14(4)8-6-7-13(2)3/h9-14H,5-8H2,1-4H3,(H,18,19)/t14-/m1/s1. The third kappa shape index (κ3) is 6.09. The van der Waals surface area contributed by atoms with Crippen LogP contribution in [0.5, 0.6) is 5.75 Å². The van der Waals surface area contributed by atoms with Crippen molar-refractivity contribution in [3.63, 3.8) is 0 Å². The second-order valence-electron chi connectivity index (χ2n) is 5.66. The van der Waals surface area contributed by atoms with E-state index in [1.54, 1.807) is 12.1 Å². The van der Waals surface area contributed by atoms with Gasteiger partial charge in [0, 0.05) is 11.6 Å². The van der Waals surface area contributed by atoms with Crippen LogP contribution >= 0.6 is 0 Å². The maximum Gasteiger partial charge on any atom is 0.251 e. The lowest BCUT2D eigenvalue weighted by molar-refractivity contribution is 0.0937. The van der Waals surface area contributed by atoms with Crippen molar-refractivity contribution in [2.45, 2.75) is 53.0 Å². The minimum atomic E-state index is -0.00917. The lowest BCUT2D eigenvalue weighted by atomic mass is 10.0. The highest BCUT2D eigenvalue weighted by atomic mass is 16.5. The first-order valence-corrected chi connectivity index (χ1v) is 7.56. The van der Waals surface area contributed by atoms with Gasteiger partial charge < -0.3 is 10.1 Å². The van der Waals surface area contributed by atoms with Crippen LogP contribution in [0.1, 0.15) is 57.3 Å². The van der Waals surface area contributed by atoms with Gasteiger partial charge in [0.15, 0.2) is 0 Å². The first kappa shape index (κ1) is 16.5. The molecule has 0 saturated carbocycles. The molecule has 1 amide bonds. The third-order valence-corrected chi connectivity index (χ3v) is 3.22. The monoisotopic (exact) mass is 277 g/mol. The topological polar surface area (TPSA) is 38.3 Å². The predicted molar refractivity (Wildman–Crippen MR) is 83.2 cm³/mol. The van der Waals surface area contributed by atoms with Crippen molar-refractivity contribution in [1.82, 2.24) is 5.32 Å². The third-order valence-electron chi connectivity index (χ3n) is 3.22. The Hall–Kier alpha value is -1.51. The van der Waals surface area contributed by atoms with E-state index in [1.165, 1.54) is 6.42 Å². The van der Waals surface area contributed by atoms with Gasteiger partial charge in [-0.2, -0.15) is 0 Å². The quantitative estimate of drug-likeness (QED) is 0.779. The van der Waals surface area contributed by atoms with Gasteiger partial charge in [-0.3, -0.25) is 4.79 Å². The van der Waals surface area contributed by atoms with Crippen molar-refractivity contribution in [3.8, 4) is 5.75 Å². The fourth-order valence-corrected chi connectivity index (χ4v) is 2.08. The molecule has 0 aliphatic rings. The molecule has 1 aromatic rings. The molecule has 20 heavy (non-hydrogen) atoms. The van der Waals surface area contributed by atoms with Crippen LogP contribution in [0, 0.1) is 5.92 Å². The van der Waals surface area contributed by atoms with Gasteiger partial charge in [0.1, 0.15) is 5.75 Å². The summed E-state index contributed by atoms with van der Waals surface area (Å²) in [5.74, 6) is 1.52. The molecule has 0 bridgehead atoms. The largest absolute Gasteiger partial charge is 0.494 e. The Morgan fingerprint density at radius 1 is 1.15 bits per heavy atom. The molecule has 1 N–H and O–H groups in total. The normalized spacial score (nSPS) is 12.2. The van der Waals surface area contributed by atoms with E-state index in [-0.39, 0.29) is 11.9 Å². The van der Waals surface area contributed by atoms with Gasteiger partial charge in [-0.05, 0) is 50.5 Å². The predicted octanol–water partition coefficient (Wildman–Crippen LogP) is 4.03. The maximum absolute atomic E-state index is 12.1. The minimum Gasteiger partial charge on any atom is -0.494 e. The number of amides is 1. The van der Waals surface area contributed by atoms with E-state index >= 15 is 0 Å². The second kappa shape index (κ2) is 8.62. The number of rotatable bonds is 8. The Labute approximate surface area is 122 Å². The number of hydrogen-bond acceptors (Lipinski definition) is 2. The van der Waals surface area contributed by atoms with Crippen molar-refractivity contribution in [2.24, 2.45) is 5.92 Å². The highest BCUT2D eigenvalue weighted by molar-refractivity contribution is 5.94. The van der Waals surface area contributed by atoms with Crippen LogP contribution in [0.4, 0.5) is 0 Å². The van der Waals surface area contributed by atoms with Gasteiger partial charge in [0.05, 0.1) is 6.61 Å². The van der Waals surface area contributed by atoms with E-state index in [1.807, 2.05) is 19.1 Å². The van der Waals surface area contributed by atoms with Crippen molar-refractivity contribution in [3.05, 3.63) is 29.8 Å². The minimum absolute atomic E-state index is 0.00917. The van der Waals surface area contributed by atoms with Crippen LogP contribution in [0.15, 0.2) is 24.3 Å². The average Bonchev–Trinajstić information content (AvgIpc) is 2.39. The van der Waals surface area contributed by atoms with Crippen LogP contribution < -0.4 is 10.1 Å². The SMILES string of the molecule is CCOc1ccc(C(=O)N[C@H](C)CCCC(C)C)cc1. The number of ether oxygens (including phenoxy) is 1. The summed E-state index contributed by atoms with van der Waals surface area (Å²) in [6.07, 6.45) is 3.40. The van der Waals surface area contributed by atoms with Gasteiger partial charge in [-0.1, -0.05) is 26.7 Å². The number of carbonyl (C=O) groups is 1. The van der Waals surface area contributed by atoms with Gasteiger partial charge >= 0.3 is 0 Å². The van der Waals surface area contributed by atoms with E-state index in [2.05, 4.69) is 26.1 Å². The zero-order chi connectivity index (χ0) is 15.0. The van der Waals surface area contributed by atoms with Crippen LogP contribution in [-0.2, 0) is 0 Å². The van der Waals surface area contributed by atoms with Crippen LogP contribution in [-0.4, -0.2) is 18.6 Å². The number of carbonyl (C=O) groups excluding carboxylic acids is 1. The summed E-state index contributed by atoms with van der Waals surface area (Å²) in [6.45, 7) is 9.09. The molecule has 1 atom stereocenters. The highest BCUT2D eigenvalue weighted by Gasteiger charge is 2.10. The van der Waals surface area contributed by atoms with Crippen LogP contribution in [0.25, 0.3) is 0 Å². The molecular weight excluding hydrogens is 250 g/mol. The van der Waals surface area contributed by atoms with E-state index in [0.717, 1.165) is 24.5 Å². The number of benzene rings is 1. The fraction of sp³-hybridized carbons (Fsp3) is 0.588. The zero-order valence-corrected chi connectivity index (χ0v) is 13.1. The molecule has 1 rings (SSSR count). The Morgan fingerprint density at radius 2 is 1.80 bits per heavy atom. The number of hydrogen-bond donors (Lipinski definition) is 1. The molecule has 3 nitrogen and oxygen atoms in total. The second-order valence-corrected chi connectivity index (χ2v) is 5.66. The maximum atomic E-state index is 12.1. The molecule has 0 radical (unpaired) electrons. The van der Waals surface area contributed by atoms with Crippen molar-refractivity contribution < 1.29 is 9.53 Å². The summed E-state index contributed by atoms with van der Waals surface area (Å²) in [5, 5.41) is 3.04. The summed E-state index contributed by atoms with van der Waals surface area (Å²) in [6, 6.07) is 7.50. The Balaban J connectivity index is 2.41. The molecule has 0 spiro atoms. The smallest absolute Gasteiger partial charge is 0.251 e. The Bertz CT molecular complexity index is 398. The van der Waals surface area contributed by atoms with Gasteiger partial charge in [-0.15, -0.1) is 0 Å². The highest BCUT2D eigenvalue weighted by Crippen LogP contribution is 2.13. The average molecular weight is 277 g/mol. The van der Waals surface area contributed by atoms with Gasteiger partial charge in [0.25, 0.3) is 5.91 Å². The Kier molecular flexibility index (Phi) is 7.13. The molecule has 1 aromatic carbocycles. The van der Waals surface area contributed by atoms with E-state index < -0.39 is 0 Å². The summed E-state index contributed by atoms with van der Waals surface area (Å²) in [7, 11) is 0. The lowest BCUT2D eigenvalue weighted by Crippen LogP contribution is -2.32. The molecule has 3 heteroatoms. The summed E-state index contributed by atoms with van der Waals surface area (Å²) < 4.78 is 5.37. The van der Waals surface area contributed by atoms with Crippen molar-refractivity contribution in [1.29, 1.82) is 0 Å². The summed E-state index contributed by atoms with van der Waals surface area (Å²) in [5.41, 5.74) is 0.684. The molecule has 0 fully saturated rings. The molecule has 0 aliphatic carbocycles. The van der Waals surface area contributed by atoms with Crippen LogP contribution in [0.3, 0.4) is 0 Å². The molecule has 0 heterocycles. The number of nitrogens with one attached hydrogen (secondary N) is 1. The first-order valence-electron chi connectivity index (χ1n) is 7.56. The fourth-order valence-electron chi connectivity index (χ4n) is 2.08. The summed E-state index contributed by atoms with van der Waals surface area (Å²) in [4.78, 5) is 12.1. The molecule has 0 aromatic heterocycles. The molecule has 0 saturated heterocycles. The Morgan fingerprint density at radius 3 is 2.35 bits per heavy atom. The molecule has 0 aliphatic heterocycles. The van der Waals surface area contributed by atoms with Crippen molar-refractivity contribution >= 4 is 5.91 Å². The van der Waals surface area contributed by atoms with Gasteiger partial charge in [-0.25, -0.2) is 0 Å². The summed E-state index contributed by atoms with van der Waals surface area (Å²) >= 11 is 0. The van der Waals surface area contributed by atoms with Crippen LogP contribution in [0.2, 0.25) is 0 Å². The molecule has 112 valence electrons. The molecular formula is C17H27NO2. The lowest BCUT2D eigenvalue weighted by Gasteiger charge is -2.14.